The van der Waals surface area contributed by atoms with Crippen LogP contribution in [0.2, 0.25) is 0 Å². The number of likely N-dealkylation sites (tertiary alicyclic amines) is 1. The number of halogens is 1. The summed E-state index contributed by atoms with van der Waals surface area (Å²) >= 11 is 3.66. The molecule has 1 saturated carbocycles. The Morgan fingerprint density at radius 1 is 1.22 bits per heavy atom. The van der Waals surface area contributed by atoms with Gasteiger partial charge in [0.15, 0.2) is 0 Å². The summed E-state index contributed by atoms with van der Waals surface area (Å²) < 4.78 is 1.27. The SMILES string of the molecule is CN1CCC(NC2CC(c3ccccc3Br)C2)C1. The Kier molecular flexibility index (Phi) is 3.73. The van der Waals surface area contributed by atoms with E-state index in [0.29, 0.717) is 0 Å². The van der Waals surface area contributed by atoms with Gasteiger partial charge in [0.1, 0.15) is 0 Å². The molecule has 98 valence electrons. The zero-order chi connectivity index (χ0) is 12.5. The zero-order valence-electron chi connectivity index (χ0n) is 10.9. The second kappa shape index (κ2) is 5.32. The van der Waals surface area contributed by atoms with Gasteiger partial charge in [0.25, 0.3) is 0 Å². The van der Waals surface area contributed by atoms with Gasteiger partial charge >= 0.3 is 0 Å². The molecule has 1 N–H and O–H groups in total. The minimum absolute atomic E-state index is 0.722. The molecule has 1 aromatic carbocycles. The Morgan fingerprint density at radius 3 is 2.67 bits per heavy atom. The molecule has 2 nitrogen and oxygen atoms in total. The van der Waals surface area contributed by atoms with E-state index in [0.717, 1.165) is 18.0 Å². The Morgan fingerprint density at radius 2 is 2.00 bits per heavy atom. The van der Waals surface area contributed by atoms with Gasteiger partial charge in [-0.05, 0) is 50.4 Å². The Hall–Kier alpha value is -0.380. The number of nitrogens with one attached hydrogen (secondary N) is 1. The summed E-state index contributed by atoms with van der Waals surface area (Å²) in [6.07, 6.45) is 3.90. The first-order chi connectivity index (χ1) is 8.72. The fourth-order valence-corrected chi connectivity index (χ4v) is 3.83. The molecule has 0 bridgehead atoms. The lowest BCUT2D eigenvalue weighted by molar-refractivity contribution is 0.262. The third kappa shape index (κ3) is 2.63. The van der Waals surface area contributed by atoms with Gasteiger partial charge in [0.05, 0.1) is 0 Å². The van der Waals surface area contributed by atoms with E-state index in [1.165, 1.54) is 42.4 Å². The highest BCUT2D eigenvalue weighted by molar-refractivity contribution is 9.10. The molecule has 0 radical (unpaired) electrons. The Balaban J connectivity index is 1.50. The van der Waals surface area contributed by atoms with Gasteiger partial charge in [-0.1, -0.05) is 34.1 Å². The van der Waals surface area contributed by atoms with Crippen molar-refractivity contribution < 1.29 is 0 Å². The molecule has 1 aliphatic heterocycles. The van der Waals surface area contributed by atoms with Crippen molar-refractivity contribution in [2.45, 2.75) is 37.3 Å². The first kappa shape index (κ1) is 12.6. The van der Waals surface area contributed by atoms with Gasteiger partial charge < -0.3 is 10.2 Å². The number of rotatable bonds is 3. The van der Waals surface area contributed by atoms with E-state index in [2.05, 4.69) is 57.5 Å². The van der Waals surface area contributed by atoms with E-state index in [-0.39, 0.29) is 0 Å². The first-order valence-electron chi connectivity index (χ1n) is 6.91. The second-order valence-electron chi connectivity index (χ2n) is 5.80. The van der Waals surface area contributed by atoms with Crippen LogP contribution in [0.4, 0.5) is 0 Å². The van der Waals surface area contributed by atoms with Crippen LogP contribution in [-0.4, -0.2) is 37.1 Å². The molecule has 3 rings (SSSR count). The first-order valence-corrected chi connectivity index (χ1v) is 7.70. The van der Waals surface area contributed by atoms with Crippen molar-refractivity contribution in [3.8, 4) is 0 Å². The van der Waals surface area contributed by atoms with E-state index in [4.69, 9.17) is 0 Å². The normalized spacial score (nSPS) is 32.4. The van der Waals surface area contributed by atoms with Crippen molar-refractivity contribution in [1.82, 2.24) is 10.2 Å². The molecule has 3 heteroatoms. The third-order valence-corrected chi connectivity index (χ3v) is 5.07. The van der Waals surface area contributed by atoms with E-state index < -0.39 is 0 Å². The van der Waals surface area contributed by atoms with Gasteiger partial charge in [-0.15, -0.1) is 0 Å². The van der Waals surface area contributed by atoms with Crippen LogP contribution in [-0.2, 0) is 0 Å². The molecule has 0 amide bonds. The molecule has 1 saturated heterocycles. The van der Waals surface area contributed by atoms with Gasteiger partial charge in [-0.2, -0.15) is 0 Å². The van der Waals surface area contributed by atoms with E-state index in [1.807, 2.05) is 0 Å². The molecule has 1 unspecified atom stereocenters. The maximum atomic E-state index is 3.81. The summed E-state index contributed by atoms with van der Waals surface area (Å²) in [6, 6.07) is 10.1. The number of hydrogen-bond acceptors (Lipinski definition) is 2. The quantitative estimate of drug-likeness (QED) is 0.923. The lowest BCUT2D eigenvalue weighted by atomic mass is 9.75. The highest BCUT2D eigenvalue weighted by Crippen LogP contribution is 2.40. The summed E-state index contributed by atoms with van der Waals surface area (Å²) in [5.74, 6) is 0.747. The molecule has 2 fully saturated rings. The van der Waals surface area contributed by atoms with E-state index in [9.17, 15) is 0 Å². The van der Waals surface area contributed by atoms with Crippen LogP contribution in [0.1, 0.15) is 30.7 Å². The molecular weight excluding hydrogens is 288 g/mol. The van der Waals surface area contributed by atoms with Crippen LogP contribution < -0.4 is 5.32 Å². The fraction of sp³-hybridized carbons (Fsp3) is 0.600. The molecule has 1 atom stereocenters. The van der Waals surface area contributed by atoms with Crippen LogP contribution in [0.15, 0.2) is 28.7 Å². The highest BCUT2D eigenvalue weighted by Gasteiger charge is 2.33. The number of likely N-dealkylation sites (N-methyl/N-ethyl adjacent to an activating group) is 1. The number of nitrogens with zero attached hydrogens (tertiary/aromatic N) is 1. The fourth-order valence-electron chi connectivity index (χ4n) is 3.22. The second-order valence-corrected chi connectivity index (χ2v) is 6.66. The summed E-state index contributed by atoms with van der Waals surface area (Å²) in [7, 11) is 2.21. The zero-order valence-corrected chi connectivity index (χ0v) is 12.5. The van der Waals surface area contributed by atoms with Crippen LogP contribution in [0.25, 0.3) is 0 Å². The Labute approximate surface area is 118 Å². The summed E-state index contributed by atoms with van der Waals surface area (Å²) in [4.78, 5) is 2.42. The summed E-state index contributed by atoms with van der Waals surface area (Å²) in [6.45, 7) is 2.47. The maximum absolute atomic E-state index is 3.81. The topological polar surface area (TPSA) is 15.3 Å². The molecule has 1 aliphatic carbocycles. The molecule has 2 aliphatic rings. The molecule has 18 heavy (non-hydrogen) atoms. The number of hydrogen-bond donors (Lipinski definition) is 1. The van der Waals surface area contributed by atoms with Crippen molar-refractivity contribution in [3.05, 3.63) is 34.3 Å². The van der Waals surface area contributed by atoms with Crippen molar-refractivity contribution >= 4 is 15.9 Å². The van der Waals surface area contributed by atoms with Crippen LogP contribution in [0, 0.1) is 0 Å². The van der Waals surface area contributed by atoms with Gasteiger partial charge in [0.2, 0.25) is 0 Å². The minimum atomic E-state index is 0.722. The average Bonchev–Trinajstić information content (AvgIpc) is 2.70. The van der Waals surface area contributed by atoms with E-state index >= 15 is 0 Å². The number of benzene rings is 1. The molecular formula is C15H21BrN2. The molecule has 1 aromatic rings. The Bertz CT molecular complexity index is 415. The summed E-state index contributed by atoms with van der Waals surface area (Å²) in [5, 5.41) is 3.81. The van der Waals surface area contributed by atoms with Crippen molar-refractivity contribution in [1.29, 1.82) is 0 Å². The predicted octanol–water partition coefficient (Wildman–Crippen LogP) is 2.99. The van der Waals surface area contributed by atoms with Crippen LogP contribution in [0.3, 0.4) is 0 Å². The molecule has 0 spiro atoms. The predicted molar refractivity (Wildman–Crippen MR) is 78.9 cm³/mol. The molecule has 0 aromatic heterocycles. The van der Waals surface area contributed by atoms with Crippen molar-refractivity contribution in [2.24, 2.45) is 0 Å². The van der Waals surface area contributed by atoms with Crippen molar-refractivity contribution in [2.75, 3.05) is 20.1 Å². The van der Waals surface area contributed by atoms with Gasteiger partial charge in [-0.3, -0.25) is 0 Å². The smallest absolute Gasteiger partial charge is 0.0210 e. The maximum Gasteiger partial charge on any atom is 0.0210 e. The summed E-state index contributed by atoms with van der Waals surface area (Å²) in [5.41, 5.74) is 1.49. The average molecular weight is 309 g/mol. The lowest BCUT2D eigenvalue weighted by Gasteiger charge is -2.38. The molecule has 1 heterocycles. The standard InChI is InChI=1S/C15H21BrN2/c1-18-7-6-12(10-18)17-13-8-11(9-13)14-4-2-3-5-15(14)16/h2-5,11-13,17H,6-10H2,1H3. The minimum Gasteiger partial charge on any atom is -0.310 e. The largest absolute Gasteiger partial charge is 0.310 e. The monoisotopic (exact) mass is 308 g/mol. The third-order valence-electron chi connectivity index (χ3n) is 4.35. The lowest BCUT2D eigenvalue weighted by Crippen LogP contribution is -2.46. The van der Waals surface area contributed by atoms with Crippen LogP contribution >= 0.6 is 15.9 Å². The van der Waals surface area contributed by atoms with Gasteiger partial charge in [0, 0.05) is 23.1 Å². The van der Waals surface area contributed by atoms with Crippen molar-refractivity contribution in [3.63, 3.8) is 0 Å². The van der Waals surface area contributed by atoms with Gasteiger partial charge in [-0.25, -0.2) is 0 Å². The highest BCUT2D eigenvalue weighted by atomic mass is 79.9. The van der Waals surface area contributed by atoms with Crippen LogP contribution in [0.5, 0.6) is 0 Å². The van der Waals surface area contributed by atoms with E-state index in [1.54, 1.807) is 0 Å².